The van der Waals surface area contributed by atoms with Crippen LogP contribution in [0, 0.1) is 25.5 Å². The Morgan fingerprint density at radius 2 is 1.61 bits per heavy atom. The Bertz CT molecular complexity index is 442. The van der Waals surface area contributed by atoms with E-state index in [1.165, 1.54) is 6.92 Å². The minimum atomic E-state index is -0.395. The average Bonchev–Trinajstić information content (AvgIpc) is 2.38. The summed E-state index contributed by atoms with van der Waals surface area (Å²) in [5.74, 6) is -0.759. The van der Waals surface area contributed by atoms with Gasteiger partial charge in [-0.15, -0.1) is 0 Å². The van der Waals surface area contributed by atoms with Crippen LogP contribution in [0.4, 0.5) is 8.78 Å². The molecule has 0 saturated carbocycles. The van der Waals surface area contributed by atoms with E-state index < -0.39 is 5.82 Å². The number of benzene rings is 1. The maximum absolute atomic E-state index is 12.3. The molecule has 0 aliphatic heterocycles. The van der Waals surface area contributed by atoms with Crippen LogP contribution < -0.4 is 0 Å². The van der Waals surface area contributed by atoms with E-state index in [4.69, 9.17) is 0 Å². The minimum absolute atomic E-state index is 0.343. The SMILES string of the molecule is CC.Cc1cc(F)ccc1F.Cc1ccccn1. The minimum Gasteiger partial charge on any atom is -0.262 e. The summed E-state index contributed by atoms with van der Waals surface area (Å²) in [7, 11) is 0. The first kappa shape index (κ1) is 16.2. The first-order valence-corrected chi connectivity index (χ1v) is 5.89. The fourth-order valence-electron chi connectivity index (χ4n) is 1.06. The van der Waals surface area contributed by atoms with Gasteiger partial charge < -0.3 is 0 Å². The molecule has 0 spiro atoms. The van der Waals surface area contributed by atoms with Crippen molar-refractivity contribution in [3.05, 3.63) is 65.5 Å². The van der Waals surface area contributed by atoms with Gasteiger partial charge in [0.15, 0.2) is 0 Å². The highest BCUT2D eigenvalue weighted by Gasteiger charge is 1.95. The van der Waals surface area contributed by atoms with E-state index in [1.807, 2.05) is 39.0 Å². The number of halogens is 2. The fraction of sp³-hybridized carbons (Fsp3) is 0.267. The Kier molecular flexibility index (Phi) is 8.37. The molecule has 98 valence electrons. The van der Waals surface area contributed by atoms with Crippen LogP contribution in [0.25, 0.3) is 0 Å². The highest BCUT2D eigenvalue weighted by atomic mass is 19.1. The molecule has 0 unspecified atom stereocenters. The number of pyridine rings is 1. The molecule has 0 aliphatic carbocycles. The number of hydrogen-bond acceptors (Lipinski definition) is 1. The zero-order valence-corrected chi connectivity index (χ0v) is 11.2. The van der Waals surface area contributed by atoms with Crippen molar-refractivity contribution >= 4 is 0 Å². The quantitative estimate of drug-likeness (QED) is 0.662. The number of aromatic nitrogens is 1. The van der Waals surface area contributed by atoms with Crippen molar-refractivity contribution in [1.82, 2.24) is 4.98 Å². The molecule has 1 heterocycles. The molecule has 18 heavy (non-hydrogen) atoms. The Morgan fingerprint density at radius 1 is 0.944 bits per heavy atom. The van der Waals surface area contributed by atoms with Gasteiger partial charge in [0.25, 0.3) is 0 Å². The second kappa shape index (κ2) is 9.28. The van der Waals surface area contributed by atoms with Crippen molar-refractivity contribution < 1.29 is 8.78 Å². The average molecular weight is 251 g/mol. The summed E-state index contributed by atoms with van der Waals surface area (Å²) < 4.78 is 24.5. The van der Waals surface area contributed by atoms with Crippen molar-refractivity contribution in [2.45, 2.75) is 27.7 Å². The Morgan fingerprint density at radius 3 is 1.94 bits per heavy atom. The second-order valence-corrected chi connectivity index (χ2v) is 3.36. The van der Waals surface area contributed by atoms with Crippen molar-refractivity contribution in [1.29, 1.82) is 0 Å². The predicted molar refractivity (Wildman–Crippen MR) is 71.4 cm³/mol. The molecule has 2 rings (SSSR count). The first-order valence-electron chi connectivity index (χ1n) is 5.89. The largest absolute Gasteiger partial charge is 0.262 e. The zero-order chi connectivity index (χ0) is 14.0. The van der Waals surface area contributed by atoms with Gasteiger partial charge >= 0.3 is 0 Å². The molecule has 1 nitrogen and oxygen atoms in total. The molecule has 0 atom stereocenters. The monoisotopic (exact) mass is 251 g/mol. The molecule has 0 aliphatic rings. The van der Waals surface area contributed by atoms with Crippen LogP contribution in [-0.2, 0) is 0 Å². The summed E-state index contributed by atoms with van der Waals surface area (Å²) in [6, 6.07) is 9.23. The Labute approximate surface area is 108 Å². The molecular formula is C15H19F2N. The molecule has 1 aromatic carbocycles. The fourth-order valence-corrected chi connectivity index (χ4v) is 1.06. The third-order valence-electron chi connectivity index (χ3n) is 1.93. The number of hydrogen-bond donors (Lipinski definition) is 0. The molecule has 0 N–H and O–H groups in total. The maximum Gasteiger partial charge on any atom is 0.126 e. The molecule has 0 amide bonds. The van der Waals surface area contributed by atoms with Gasteiger partial charge in [-0.3, -0.25) is 4.98 Å². The van der Waals surface area contributed by atoms with E-state index in [2.05, 4.69) is 4.98 Å². The molecule has 0 fully saturated rings. The molecule has 1 aromatic heterocycles. The smallest absolute Gasteiger partial charge is 0.126 e. The van der Waals surface area contributed by atoms with Crippen molar-refractivity contribution in [3.8, 4) is 0 Å². The molecule has 0 bridgehead atoms. The molecule has 3 heteroatoms. The normalized spacial score (nSPS) is 8.56. The van der Waals surface area contributed by atoms with Gasteiger partial charge in [0, 0.05) is 11.9 Å². The van der Waals surface area contributed by atoms with Gasteiger partial charge in [-0.1, -0.05) is 19.9 Å². The van der Waals surface area contributed by atoms with Crippen LogP contribution in [0.2, 0.25) is 0 Å². The van der Waals surface area contributed by atoms with Gasteiger partial charge in [-0.2, -0.15) is 0 Å². The standard InChI is InChI=1S/C7H6F2.C6H7N.C2H6/c1-5-4-6(8)2-3-7(5)9;1-6-4-2-3-5-7-6;1-2/h2-4H,1H3;2-5H,1H3;1-2H3. The third-order valence-corrected chi connectivity index (χ3v) is 1.93. The summed E-state index contributed by atoms with van der Waals surface area (Å²) in [5.41, 5.74) is 1.41. The lowest BCUT2D eigenvalue weighted by molar-refractivity contribution is 0.592. The summed E-state index contributed by atoms with van der Waals surface area (Å²) in [6.45, 7) is 7.50. The summed E-state index contributed by atoms with van der Waals surface area (Å²) >= 11 is 0. The maximum atomic E-state index is 12.3. The van der Waals surface area contributed by atoms with Gasteiger partial charge in [0.2, 0.25) is 0 Å². The molecule has 0 saturated heterocycles. The lowest BCUT2D eigenvalue weighted by Crippen LogP contribution is -1.81. The molecule has 2 aromatic rings. The summed E-state index contributed by atoms with van der Waals surface area (Å²) in [5, 5.41) is 0. The van der Waals surface area contributed by atoms with Crippen molar-refractivity contribution in [3.63, 3.8) is 0 Å². The van der Waals surface area contributed by atoms with Crippen LogP contribution in [0.5, 0.6) is 0 Å². The van der Waals surface area contributed by atoms with E-state index in [9.17, 15) is 8.78 Å². The van der Waals surface area contributed by atoms with E-state index in [0.717, 1.165) is 23.9 Å². The zero-order valence-electron chi connectivity index (χ0n) is 11.2. The van der Waals surface area contributed by atoms with Crippen LogP contribution >= 0.6 is 0 Å². The number of aryl methyl sites for hydroxylation is 2. The van der Waals surface area contributed by atoms with Crippen LogP contribution in [0.1, 0.15) is 25.1 Å². The van der Waals surface area contributed by atoms with E-state index >= 15 is 0 Å². The highest BCUT2D eigenvalue weighted by Crippen LogP contribution is 2.06. The Balaban J connectivity index is 0.000000289. The Hall–Kier alpha value is -1.77. The van der Waals surface area contributed by atoms with Crippen LogP contribution in [0.3, 0.4) is 0 Å². The van der Waals surface area contributed by atoms with E-state index in [1.54, 1.807) is 6.20 Å². The summed E-state index contributed by atoms with van der Waals surface area (Å²) in [4.78, 5) is 3.98. The third kappa shape index (κ3) is 6.74. The van der Waals surface area contributed by atoms with Gasteiger partial charge in [-0.05, 0) is 49.7 Å². The summed E-state index contributed by atoms with van der Waals surface area (Å²) in [6.07, 6.45) is 1.79. The number of nitrogens with zero attached hydrogens (tertiary/aromatic N) is 1. The highest BCUT2D eigenvalue weighted by molar-refractivity contribution is 5.16. The first-order chi connectivity index (χ1) is 8.59. The van der Waals surface area contributed by atoms with Crippen molar-refractivity contribution in [2.75, 3.05) is 0 Å². The van der Waals surface area contributed by atoms with E-state index in [-0.39, 0.29) is 5.82 Å². The van der Waals surface area contributed by atoms with Gasteiger partial charge in [0.1, 0.15) is 11.6 Å². The molecular weight excluding hydrogens is 232 g/mol. The van der Waals surface area contributed by atoms with Gasteiger partial charge in [0.05, 0.1) is 0 Å². The predicted octanol–water partition coefficient (Wildman–Crippen LogP) is 4.69. The topological polar surface area (TPSA) is 12.9 Å². The number of rotatable bonds is 0. The molecule has 0 radical (unpaired) electrons. The van der Waals surface area contributed by atoms with Crippen LogP contribution in [0.15, 0.2) is 42.6 Å². The lowest BCUT2D eigenvalue weighted by Gasteiger charge is -1.92. The second-order valence-electron chi connectivity index (χ2n) is 3.36. The van der Waals surface area contributed by atoms with Crippen LogP contribution in [-0.4, -0.2) is 4.98 Å². The van der Waals surface area contributed by atoms with Gasteiger partial charge in [-0.25, -0.2) is 8.78 Å². The lowest BCUT2D eigenvalue weighted by atomic mass is 10.2. The van der Waals surface area contributed by atoms with E-state index in [0.29, 0.717) is 5.56 Å². The van der Waals surface area contributed by atoms with Crippen molar-refractivity contribution in [2.24, 2.45) is 0 Å².